The minimum atomic E-state index is -0.232. The molecule has 2 nitrogen and oxygen atoms in total. The predicted octanol–water partition coefficient (Wildman–Crippen LogP) is 3.88. The van der Waals surface area contributed by atoms with Gasteiger partial charge in [-0.05, 0) is 49.2 Å². The third-order valence-corrected chi connectivity index (χ3v) is 6.25. The van der Waals surface area contributed by atoms with Crippen LogP contribution in [0.1, 0.15) is 37.8 Å². The number of thioether (sulfide) groups is 1. The van der Waals surface area contributed by atoms with Gasteiger partial charge in [0.15, 0.2) is 0 Å². The molecule has 0 bridgehead atoms. The van der Waals surface area contributed by atoms with Crippen LogP contribution in [0.3, 0.4) is 0 Å². The van der Waals surface area contributed by atoms with Crippen molar-refractivity contribution in [1.29, 1.82) is 0 Å². The van der Waals surface area contributed by atoms with Gasteiger partial charge in [0.05, 0.1) is 6.04 Å². The number of rotatable bonds is 3. The van der Waals surface area contributed by atoms with Crippen molar-refractivity contribution in [2.45, 2.75) is 32.2 Å². The number of carbonyl (C=O) groups excluding carboxylic acids is 1. The van der Waals surface area contributed by atoms with E-state index in [9.17, 15) is 9.18 Å². The smallest absolute Gasteiger partial charge is 0.226 e. The molecule has 4 heteroatoms. The molecule has 2 fully saturated rings. The lowest BCUT2D eigenvalue weighted by Gasteiger charge is -2.28. The first-order valence-electron chi connectivity index (χ1n) is 7.64. The molecule has 0 N–H and O–H groups in total. The van der Waals surface area contributed by atoms with Crippen LogP contribution in [0.5, 0.6) is 0 Å². The number of hydrogen-bond donors (Lipinski definition) is 0. The highest BCUT2D eigenvalue weighted by molar-refractivity contribution is 7.99. The summed E-state index contributed by atoms with van der Waals surface area (Å²) in [6.45, 7) is 1.90. The Morgan fingerprint density at radius 1 is 1.38 bits per heavy atom. The van der Waals surface area contributed by atoms with Crippen molar-refractivity contribution in [3.05, 3.63) is 35.6 Å². The Kier molecular flexibility index (Phi) is 4.00. The molecule has 1 saturated heterocycles. The summed E-state index contributed by atoms with van der Waals surface area (Å²) < 4.78 is 13.9. The summed E-state index contributed by atoms with van der Waals surface area (Å²) in [6, 6.07) is 6.52. The average molecular weight is 307 g/mol. The van der Waals surface area contributed by atoms with Gasteiger partial charge < -0.3 is 4.90 Å². The molecule has 1 spiro atoms. The van der Waals surface area contributed by atoms with Gasteiger partial charge in [-0.15, -0.1) is 0 Å². The van der Waals surface area contributed by atoms with Crippen LogP contribution < -0.4 is 0 Å². The van der Waals surface area contributed by atoms with Crippen LogP contribution >= 0.6 is 11.8 Å². The van der Waals surface area contributed by atoms with Gasteiger partial charge in [0.25, 0.3) is 0 Å². The molecule has 2 atom stereocenters. The van der Waals surface area contributed by atoms with Crippen LogP contribution in [0.2, 0.25) is 0 Å². The van der Waals surface area contributed by atoms with Gasteiger partial charge in [-0.1, -0.05) is 18.2 Å². The van der Waals surface area contributed by atoms with Crippen molar-refractivity contribution in [3.63, 3.8) is 0 Å². The van der Waals surface area contributed by atoms with Crippen molar-refractivity contribution < 1.29 is 9.18 Å². The van der Waals surface area contributed by atoms with Gasteiger partial charge in [0, 0.05) is 18.5 Å². The fourth-order valence-electron chi connectivity index (χ4n) is 3.49. The van der Waals surface area contributed by atoms with Crippen molar-refractivity contribution in [2.75, 3.05) is 18.6 Å². The molecule has 1 aliphatic heterocycles. The summed E-state index contributed by atoms with van der Waals surface area (Å²) in [4.78, 5) is 14.4. The summed E-state index contributed by atoms with van der Waals surface area (Å²) in [6.07, 6.45) is 3.35. The lowest BCUT2D eigenvalue weighted by atomic mass is 9.95. The van der Waals surface area contributed by atoms with Crippen LogP contribution in [0.15, 0.2) is 24.3 Å². The van der Waals surface area contributed by atoms with Crippen LogP contribution in [-0.4, -0.2) is 29.4 Å². The number of hydrogen-bond acceptors (Lipinski definition) is 2. The Labute approximate surface area is 130 Å². The van der Waals surface area contributed by atoms with E-state index in [1.54, 1.807) is 17.0 Å². The van der Waals surface area contributed by atoms with Gasteiger partial charge in [0.2, 0.25) is 5.91 Å². The SMILES string of the molecule is CC(c1ccccc1F)N(C)C(=O)C1CC12CCSCC2. The number of amides is 1. The van der Waals surface area contributed by atoms with E-state index >= 15 is 0 Å². The van der Waals surface area contributed by atoms with E-state index in [2.05, 4.69) is 0 Å². The Morgan fingerprint density at radius 2 is 2.05 bits per heavy atom. The zero-order chi connectivity index (χ0) is 15.0. The van der Waals surface area contributed by atoms with Gasteiger partial charge in [-0.25, -0.2) is 4.39 Å². The van der Waals surface area contributed by atoms with Gasteiger partial charge in [-0.3, -0.25) is 4.79 Å². The lowest BCUT2D eigenvalue weighted by molar-refractivity contribution is -0.134. The molecule has 1 aliphatic carbocycles. The molecule has 1 saturated carbocycles. The number of nitrogens with zero attached hydrogens (tertiary/aromatic N) is 1. The van der Waals surface area contributed by atoms with Gasteiger partial charge in [0.1, 0.15) is 5.82 Å². The summed E-state index contributed by atoms with van der Waals surface area (Å²) in [5, 5.41) is 0. The van der Waals surface area contributed by atoms with Gasteiger partial charge in [-0.2, -0.15) is 11.8 Å². The van der Waals surface area contributed by atoms with Crippen molar-refractivity contribution >= 4 is 17.7 Å². The first-order chi connectivity index (χ1) is 10.1. The Bertz CT molecular complexity index is 541. The summed E-state index contributed by atoms with van der Waals surface area (Å²) in [5.74, 6) is 2.48. The minimum absolute atomic E-state index is 0.164. The number of carbonyl (C=O) groups is 1. The second-order valence-corrected chi connectivity index (χ2v) is 7.60. The maximum Gasteiger partial charge on any atom is 0.226 e. The zero-order valence-electron chi connectivity index (χ0n) is 12.6. The average Bonchev–Trinajstić information content (AvgIpc) is 3.19. The number of halogens is 1. The standard InChI is InChI=1S/C17H22FNOS/c1-12(13-5-3-4-6-15(13)18)19(2)16(20)14-11-17(14)7-9-21-10-8-17/h3-6,12,14H,7-11H2,1-2H3. The highest BCUT2D eigenvalue weighted by Gasteiger charge is 2.58. The summed E-state index contributed by atoms with van der Waals surface area (Å²) in [5.41, 5.74) is 0.869. The van der Waals surface area contributed by atoms with E-state index in [1.807, 2.05) is 31.8 Å². The van der Waals surface area contributed by atoms with Crippen LogP contribution in [0.25, 0.3) is 0 Å². The molecule has 114 valence electrons. The Balaban J connectivity index is 1.69. The third kappa shape index (κ3) is 2.70. The van der Waals surface area contributed by atoms with Crippen molar-refractivity contribution in [3.8, 4) is 0 Å². The zero-order valence-corrected chi connectivity index (χ0v) is 13.5. The fraction of sp³-hybridized carbons (Fsp3) is 0.588. The second-order valence-electron chi connectivity index (χ2n) is 6.38. The van der Waals surface area contributed by atoms with E-state index in [-0.39, 0.29) is 29.1 Å². The van der Waals surface area contributed by atoms with Gasteiger partial charge >= 0.3 is 0 Å². The highest BCUT2D eigenvalue weighted by Crippen LogP contribution is 2.61. The molecule has 1 aromatic rings. The molecular formula is C17H22FNOS. The fourth-order valence-corrected chi connectivity index (χ4v) is 4.79. The van der Waals surface area contributed by atoms with Crippen LogP contribution in [0.4, 0.5) is 4.39 Å². The van der Waals surface area contributed by atoms with E-state index in [1.165, 1.54) is 17.6 Å². The normalized spacial score (nSPS) is 24.6. The predicted molar refractivity (Wildman–Crippen MR) is 84.7 cm³/mol. The lowest BCUT2D eigenvalue weighted by Crippen LogP contribution is -2.33. The quantitative estimate of drug-likeness (QED) is 0.844. The monoisotopic (exact) mass is 307 g/mol. The van der Waals surface area contributed by atoms with Crippen molar-refractivity contribution in [2.24, 2.45) is 11.3 Å². The molecule has 1 heterocycles. The molecule has 2 aliphatic rings. The maximum atomic E-state index is 13.9. The second kappa shape index (κ2) is 5.64. The largest absolute Gasteiger partial charge is 0.339 e. The number of benzene rings is 1. The molecular weight excluding hydrogens is 285 g/mol. The molecule has 0 radical (unpaired) electrons. The molecule has 2 unspecified atom stereocenters. The van der Waals surface area contributed by atoms with E-state index < -0.39 is 0 Å². The highest BCUT2D eigenvalue weighted by atomic mass is 32.2. The van der Waals surface area contributed by atoms with E-state index in [4.69, 9.17) is 0 Å². The first-order valence-corrected chi connectivity index (χ1v) is 8.79. The third-order valence-electron chi connectivity index (χ3n) is 5.26. The minimum Gasteiger partial charge on any atom is -0.339 e. The molecule has 0 aromatic heterocycles. The molecule has 21 heavy (non-hydrogen) atoms. The molecule has 1 aromatic carbocycles. The molecule has 1 amide bonds. The molecule has 3 rings (SSSR count). The van der Waals surface area contributed by atoms with Crippen LogP contribution in [-0.2, 0) is 4.79 Å². The first kappa shape index (κ1) is 14.9. The Hall–Kier alpha value is -1.03. The van der Waals surface area contributed by atoms with E-state index in [0.717, 1.165) is 19.3 Å². The summed E-state index contributed by atoms with van der Waals surface area (Å²) >= 11 is 1.99. The van der Waals surface area contributed by atoms with E-state index in [0.29, 0.717) is 5.56 Å². The summed E-state index contributed by atoms with van der Waals surface area (Å²) in [7, 11) is 1.81. The maximum absolute atomic E-state index is 13.9. The van der Waals surface area contributed by atoms with Crippen LogP contribution in [0, 0.1) is 17.2 Å². The topological polar surface area (TPSA) is 20.3 Å². The Morgan fingerprint density at radius 3 is 2.71 bits per heavy atom. The van der Waals surface area contributed by atoms with Crippen molar-refractivity contribution in [1.82, 2.24) is 4.90 Å².